The first-order valence-electron chi connectivity index (χ1n) is 20.4. The van der Waals surface area contributed by atoms with Crippen molar-refractivity contribution in [2.45, 2.75) is 220 Å². The highest BCUT2D eigenvalue weighted by Gasteiger charge is 2.47. The summed E-state index contributed by atoms with van der Waals surface area (Å²) in [6.45, 7) is 17.1. The summed E-state index contributed by atoms with van der Waals surface area (Å²) in [4.78, 5) is 0. The SMILES string of the molecule is CCCCCCP(CCCCCC)C(CCC)(P(CCCCCC)CCCCCC)P(CCCCCC)CCCCCC. The monoisotopic (exact) mass is 659 g/mol. The van der Waals surface area contributed by atoms with Gasteiger partial charge in [0.25, 0.3) is 0 Å². The predicted molar refractivity (Wildman–Crippen MR) is 212 cm³/mol. The molecule has 0 aromatic heterocycles. The lowest BCUT2D eigenvalue weighted by Crippen LogP contribution is -2.30. The van der Waals surface area contributed by atoms with Crippen molar-refractivity contribution in [2.75, 3.05) is 37.0 Å². The standard InChI is InChI=1S/C40H85P3/c1-8-15-21-27-34-41(35-28-22-16-9-2)40(33-14-7,42(36-29-23-17-10-3)37-30-24-18-11-4)43(38-31-25-19-12-5)39-32-26-20-13-6/h8-39H2,1-7H3. The van der Waals surface area contributed by atoms with Gasteiger partial charge in [0.05, 0.1) is 0 Å². The molecule has 0 N–H and O–H groups in total. The third-order valence-electron chi connectivity index (χ3n) is 9.79. The summed E-state index contributed by atoms with van der Waals surface area (Å²) in [5, 5.41) is 0. The smallest absolute Gasteiger partial charge is 0.0301 e. The average molecular weight is 659 g/mol. The van der Waals surface area contributed by atoms with Gasteiger partial charge in [-0.2, -0.15) is 0 Å². The van der Waals surface area contributed by atoms with Gasteiger partial charge >= 0.3 is 0 Å². The Bertz CT molecular complexity index is 431. The minimum absolute atomic E-state index is 0.134. The van der Waals surface area contributed by atoms with Crippen LogP contribution in [0.3, 0.4) is 0 Å². The van der Waals surface area contributed by atoms with Crippen molar-refractivity contribution in [2.24, 2.45) is 0 Å². The van der Waals surface area contributed by atoms with Gasteiger partial charge in [0.2, 0.25) is 0 Å². The van der Waals surface area contributed by atoms with Crippen LogP contribution in [0.1, 0.15) is 215 Å². The fourth-order valence-electron chi connectivity index (χ4n) is 7.20. The second-order valence-corrected chi connectivity index (χ2v) is 23.1. The molecule has 0 spiro atoms. The molecule has 0 aliphatic carbocycles. The van der Waals surface area contributed by atoms with Gasteiger partial charge in [0.1, 0.15) is 0 Å². The molecule has 0 aliphatic rings. The van der Waals surface area contributed by atoms with Gasteiger partial charge < -0.3 is 0 Å². The van der Waals surface area contributed by atoms with E-state index in [0.717, 1.165) is 4.64 Å². The van der Waals surface area contributed by atoms with Crippen LogP contribution in [0.5, 0.6) is 0 Å². The zero-order valence-electron chi connectivity index (χ0n) is 31.5. The number of hydrogen-bond donors (Lipinski definition) is 0. The zero-order valence-corrected chi connectivity index (χ0v) is 34.2. The maximum atomic E-state index is 2.60. The lowest BCUT2D eigenvalue weighted by molar-refractivity contribution is 0.680. The highest BCUT2D eigenvalue weighted by Crippen LogP contribution is 2.82. The molecule has 0 saturated carbocycles. The number of hydrogen-bond acceptors (Lipinski definition) is 0. The summed E-state index contributed by atoms with van der Waals surface area (Å²) in [5.41, 5.74) is 0. The summed E-state index contributed by atoms with van der Waals surface area (Å²) >= 11 is 0. The second kappa shape index (κ2) is 33.2. The Hall–Kier alpha value is 1.29. The summed E-state index contributed by atoms with van der Waals surface area (Å²) < 4.78 is 0.782. The van der Waals surface area contributed by atoms with Gasteiger partial charge in [-0.3, -0.25) is 0 Å². The van der Waals surface area contributed by atoms with Crippen LogP contribution in [-0.4, -0.2) is 41.6 Å². The van der Waals surface area contributed by atoms with Crippen molar-refractivity contribution in [1.82, 2.24) is 0 Å². The van der Waals surface area contributed by atoms with E-state index in [2.05, 4.69) is 48.5 Å². The topological polar surface area (TPSA) is 0 Å². The van der Waals surface area contributed by atoms with Crippen LogP contribution >= 0.6 is 23.8 Å². The number of unbranched alkanes of at least 4 members (excludes halogenated alkanes) is 18. The van der Waals surface area contributed by atoms with E-state index in [1.807, 2.05) is 0 Å². The van der Waals surface area contributed by atoms with E-state index >= 15 is 0 Å². The maximum absolute atomic E-state index is 2.60. The Morgan fingerprint density at radius 1 is 0.256 bits per heavy atom. The van der Waals surface area contributed by atoms with Crippen molar-refractivity contribution >= 4 is 23.8 Å². The van der Waals surface area contributed by atoms with E-state index in [9.17, 15) is 0 Å². The van der Waals surface area contributed by atoms with E-state index in [4.69, 9.17) is 0 Å². The van der Waals surface area contributed by atoms with E-state index in [-0.39, 0.29) is 23.8 Å². The molecule has 0 fully saturated rings. The Morgan fingerprint density at radius 3 is 0.628 bits per heavy atom. The molecule has 3 heteroatoms. The minimum atomic E-state index is 0.134. The highest BCUT2D eigenvalue weighted by atomic mass is 31.2. The summed E-state index contributed by atoms with van der Waals surface area (Å²) in [5.74, 6) is 0. The van der Waals surface area contributed by atoms with Gasteiger partial charge in [-0.15, -0.1) is 0 Å². The largest absolute Gasteiger partial charge is 0.0913 e. The second-order valence-electron chi connectivity index (χ2n) is 13.8. The quantitative estimate of drug-likeness (QED) is 0.0469. The summed E-state index contributed by atoms with van der Waals surface area (Å²) in [7, 11) is 0.401. The molecule has 0 aromatic rings. The third kappa shape index (κ3) is 21.0. The van der Waals surface area contributed by atoms with Gasteiger partial charge in [-0.05, 0) is 81.9 Å². The van der Waals surface area contributed by atoms with E-state index in [0.29, 0.717) is 0 Å². The average Bonchev–Trinajstić information content (AvgIpc) is 3.01. The molecule has 0 unspecified atom stereocenters. The van der Waals surface area contributed by atoms with Crippen molar-refractivity contribution in [3.63, 3.8) is 0 Å². The molecule has 260 valence electrons. The first-order valence-corrected chi connectivity index (χ1v) is 25.5. The first-order chi connectivity index (χ1) is 21.1. The Kier molecular flexibility index (Phi) is 34.2. The zero-order chi connectivity index (χ0) is 31.9. The van der Waals surface area contributed by atoms with Crippen molar-refractivity contribution in [3.05, 3.63) is 0 Å². The molecule has 0 saturated heterocycles. The molecule has 0 aliphatic heterocycles. The van der Waals surface area contributed by atoms with Crippen LogP contribution in [0.25, 0.3) is 0 Å². The molecule has 0 bridgehead atoms. The molecule has 0 nitrogen and oxygen atoms in total. The highest BCUT2D eigenvalue weighted by molar-refractivity contribution is 7.93. The van der Waals surface area contributed by atoms with Crippen molar-refractivity contribution < 1.29 is 0 Å². The van der Waals surface area contributed by atoms with Gasteiger partial charge in [-0.25, -0.2) is 0 Å². The van der Waals surface area contributed by atoms with Crippen molar-refractivity contribution in [3.8, 4) is 0 Å². The third-order valence-corrected chi connectivity index (χ3v) is 23.7. The van der Waals surface area contributed by atoms with Crippen LogP contribution in [-0.2, 0) is 0 Å². The molecule has 0 heterocycles. The van der Waals surface area contributed by atoms with E-state index in [1.54, 1.807) is 81.9 Å². The maximum Gasteiger partial charge on any atom is 0.0301 e. The van der Waals surface area contributed by atoms with Gasteiger partial charge in [0, 0.05) is 4.64 Å². The number of rotatable bonds is 35. The Morgan fingerprint density at radius 2 is 0.465 bits per heavy atom. The van der Waals surface area contributed by atoms with Gasteiger partial charge in [-0.1, -0.05) is 194 Å². The molecule has 0 aromatic carbocycles. The Balaban J connectivity index is 6.74. The molecular formula is C40H85P3. The molecule has 0 atom stereocenters. The molecule has 0 amide bonds. The van der Waals surface area contributed by atoms with E-state index in [1.165, 1.54) is 122 Å². The summed E-state index contributed by atoms with van der Waals surface area (Å²) in [6.07, 6.45) is 48.2. The van der Waals surface area contributed by atoms with Gasteiger partial charge in [0.15, 0.2) is 0 Å². The van der Waals surface area contributed by atoms with Crippen LogP contribution in [0.15, 0.2) is 0 Å². The minimum Gasteiger partial charge on any atom is -0.0913 e. The van der Waals surface area contributed by atoms with Crippen molar-refractivity contribution in [1.29, 1.82) is 0 Å². The lowest BCUT2D eigenvalue weighted by Gasteiger charge is -2.54. The van der Waals surface area contributed by atoms with Crippen LogP contribution < -0.4 is 0 Å². The molecule has 0 rings (SSSR count). The fraction of sp³-hybridized carbons (Fsp3) is 1.00. The summed E-state index contributed by atoms with van der Waals surface area (Å²) in [6, 6.07) is 0. The lowest BCUT2D eigenvalue weighted by atomic mass is 10.2. The van der Waals surface area contributed by atoms with Crippen LogP contribution in [0.2, 0.25) is 0 Å². The molecular weight excluding hydrogens is 573 g/mol. The normalized spacial score (nSPS) is 12.4. The first kappa shape index (κ1) is 44.3. The predicted octanol–water partition coefficient (Wildman–Crippen LogP) is 16.4. The molecule has 0 radical (unpaired) electrons. The van der Waals surface area contributed by atoms with Crippen LogP contribution in [0.4, 0.5) is 0 Å². The Labute approximate surface area is 279 Å². The fourth-order valence-corrected chi connectivity index (χ4v) is 23.7. The van der Waals surface area contributed by atoms with E-state index < -0.39 is 0 Å². The van der Waals surface area contributed by atoms with Crippen LogP contribution in [0, 0.1) is 0 Å². The molecule has 43 heavy (non-hydrogen) atoms.